The zero-order valence-corrected chi connectivity index (χ0v) is 14.5. The molecule has 1 aromatic carbocycles. The molecule has 0 unspecified atom stereocenters. The maximum absolute atomic E-state index is 12.4. The molecule has 2 aromatic heterocycles. The molecule has 1 N–H and O–H groups in total. The largest absolute Gasteiger partial charge is 0.462 e. The van der Waals surface area contributed by atoms with E-state index in [0.29, 0.717) is 5.69 Å². The molecule has 0 aliphatic rings. The third kappa shape index (κ3) is 3.80. The smallest absolute Gasteiger partial charge is 0.343 e. The molecular formula is C18H19N5O3. The summed E-state index contributed by atoms with van der Waals surface area (Å²) in [6.45, 7) is 3.82. The topological polar surface area (TPSA) is 91.0 Å². The lowest BCUT2D eigenvalue weighted by Crippen LogP contribution is -2.22. The van der Waals surface area contributed by atoms with Crippen molar-refractivity contribution in [2.24, 2.45) is 0 Å². The molecule has 8 nitrogen and oxygen atoms in total. The van der Waals surface area contributed by atoms with Crippen LogP contribution in [0.3, 0.4) is 0 Å². The fourth-order valence-corrected chi connectivity index (χ4v) is 2.46. The van der Waals surface area contributed by atoms with E-state index in [-0.39, 0.29) is 30.4 Å². The van der Waals surface area contributed by atoms with Crippen LogP contribution in [0.4, 0.5) is 5.82 Å². The Kier molecular flexibility index (Phi) is 5.12. The van der Waals surface area contributed by atoms with Gasteiger partial charge < -0.3 is 10.1 Å². The van der Waals surface area contributed by atoms with Crippen molar-refractivity contribution in [1.29, 1.82) is 0 Å². The van der Waals surface area contributed by atoms with Crippen molar-refractivity contribution in [2.75, 3.05) is 11.9 Å². The summed E-state index contributed by atoms with van der Waals surface area (Å²) < 4.78 is 8.08. The van der Waals surface area contributed by atoms with Crippen molar-refractivity contribution in [3.63, 3.8) is 0 Å². The number of hydrogen-bond donors (Lipinski definition) is 1. The molecule has 134 valence electrons. The second kappa shape index (κ2) is 7.64. The number of aromatic nitrogens is 4. The first-order valence-electron chi connectivity index (χ1n) is 8.19. The Morgan fingerprint density at radius 1 is 1.19 bits per heavy atom. The van der Waals surface area contributed by atoms with Crippen LogP contribution in [-0.2, 0) is 16.1 Å². The fourth-order valence-electron chi connectivity index (χ4n) is 2.46. The van der Waals surface area contributed by atoms with Crippen LogP contribution in [0.25, 0.3) is 5.69 Å². The summed E-state index contributed by atoms with van der Waals surface area (Å²) in [6, 6.07) is 11.0. The zero-order valence-electron chi connectivity index (χ0n) is 14.5. The molecule has 0 bridgehead atoms. The van der Waals surface area contributed by atoms with Gasteiger partial charge in [0.15, 0.2) is 5.82 Å². The molecule has 3 aromatic rings. The number of nitrogens with one attached hydrogen (secondary N) is 1. The molecule has 0 saturated heterocycles. The van der Waals surface area contributed by atoms with E-state index in [1.807, 2.05) is 43.3 Å². The number of benzene rings is 1. The Morgan fingerprint density at radius 3 is 2.62 bits per heavy atom. The number of anilines is 1. The monoisotopic (exact) mass is 353 g/mol. The van der Waals surface area contributed by atoms with Gasteiger partial charge in [0, 0.05) is 6.20 Å². The highest BCUT2D eigenvalue weighted by Crippen LogP contribution is 2.21. The van der Waals surface area contributed by atoms with Gasteiger partial charge in [0.1, 0.15) is 12.1 Å². The van der Waals surface area contributed by atoms with Crippen molar-refractivity contribution in [1.82, 2.24) is 19.6 Å². The summed E-state index contributed by atoms with van der Waals surface area (Å²) in [6.07, 6.45) is 3.11. The number of aryl methyl sites for hydroxylation is 1. The Balaban J connectivity index is 1.90. The number of ether oxygens (including phenoxy) is 1. The molecule has 0 fully saturated rings. The quantitative estimate of drug-likeness (QED) is 0.686. The lowest BCUT2D eigenvalue weighted by molar-refractivity contribution is -0.116. The maximum Gasteiger partial charge on any atom is 0.343 e. The van der Waals surface area contributed by atoms with Crippen molar-refractivity contribution in [3.05, 3.63) is 60.0 Å². The van der Waals surface area contributed by atoms with Gasteiger partial charge >= 0.3 is 5.97 Å². The number of amides is 1. The zero-order chi connectivity index (χ0) is 18.5. The minimum atomic E-state index is -0.542. The highest BCUT2D eigenvalue weighted by Gasteiger charge is 2.21. The van der Waals surface area contributed by atoms with Crippen LogP contribution in [0.15, 0.2) is 48.8 Å². The van der Waals surface area contributed by atoms with E-state index in [4.69, 9.17) is 4.74 Å². The van der Waals surface area contributed by atoms with Crippen LogP contribution < -0.4 is 5.32 Å². The molecule has 2 heterocycles. The third-order valence-corrected chi connectivity index (χ3v) is 3.60. The van der Waals surface area contributed by atoms with E-state index in [0.717, 1.165) is 5.69 Å². The fraction of sp³-hybridized carbons (Fsp3) is 0.222. The highest BCUT2D eigenvalue weighted by molar-refractivity contribution is 6.00. The first-order chi connectivity index (χ1) is 12.6. The first kappa shape index (κ1) is 17.4. The Labute approximate surface area is 150 Å². The highest BCUT2D eigenvalue weighted by atomic mass is 16.5. The lowest BCUT2D eigenvalue weighted by Gasteiger charge is -2.11. The van der Waals surface area contributed by atoms with Gasteiger partial charge in [0.05, 0.1) is 24.2 Å². The van der Waals surface area contributed by atoms with Gasteiger partial charge in [0.2, 0.25) is 5.91 Å². The molecule has 0 spiro atoms. The van der Waals surface area contributed by atoms with E-state index < -0.39 is 5.97 Å². The molecule has 0 radical (unpaired) electrons. The predicted molar refractivity (Wildman–Crippen MR) is 95.1 cm³/mol. The van der Waals surface area contributed by atoms with E-state index in [9.17, 15) is 9.59 Å². The van der Waals surface area contributed by atoms with Gasteiger partial charge in [-0.25, -0.2) is 9.48 Å². The van der Waals surface area contributed by atoms with Gasteiger partial charge in [-0.15, -0.1) is 0 Å². The van der Waals surface area contributed by atoms with Crippen molar-refractivity contribution in [2.45, 2.75) is 20.4 Å². The average molecular weight is 353 g/mol. The second-order valence-corrected chi connectivity index (χ2v) is 5.58. The summed E-state index contributed by atoms with van der Waals surface area (Å²) >= 11 is 0. The van der Waals surface area contributed by atoms with Crippen LogP contribution >= 0.6 is 0 Å². The Hall–Kier alpha value is -3.42. The van der Waals surface area contributed by atoms with E-state index in [2.05, 4.69) is 15.5 Å². The standard InChI is InChI=1S/C18H19N5O3/c1-3-26-18(25)15-11-19-23(14-7-5-4-6-8-14)17(15)20-16(24)12-22-10-9-13(2)21-22/h4-11H,3,12H2,1-2H3,(H,20,24). The molecule has 1 amide bonds. The number of hydrogen-bond acceptors (Lipinski definition) is 5. The van der Waals surface area contributed by atoms with E-state index in [1.54, 1.807) is 13.1 Å². The normalized spacial score (nSPS) is 10.5. The number of carbonyl (C=O) groups is 2. The van der Waals surface area contributed by atoms with Gasteiger partial charge in [-0.3, -0.25) is 9.48 Å². The number of rotatable bonds is 6. The van der Waals surface area contributed by atoms with Gasteiger partial charge in [0.25, 0.3) is 0 Å². The summed E-state index contributed by atoms with van der Waals surface area (Å²) in [5, 5.41) is 11.2. The SMILES string of the molecule is CCOC(=O)c1cnn(-c2ccccc2)c1NC(=O)Cn1ccc(C)n1. The summed E-state index contributed by atoms with van der Waals surface area (Å²) in [5.41, 5.74) is 1.73. The average Bonchev–Trinajstić information content (AvgIpc) is 3.22. The van der Waals surface area contributed by atoms with Crippen LogP contribution in [-0.4, -0.2) is 38.0 Å². The van der Waals surface area contributed by atoms with Gasteiger partial charge in [-0.2, -0.15) is 10.2 Å². The van der Waals surface area contributed by atoms with E-state index >= 15 is 0 Å². The summed E-state index contributed by atoms with van der Waals surface area (Å²) in [5.74, 6) is -0.597. The summed E-state index contributed by atoms with van der Waals surface area (Å²) in [4.78, 5) is 24.6. The predicted octanol–water partition coefficient (Wildman–Crippen LogP) is 2.19. The number of carbonyl (C=O) groups excluding carboxylic acids is 2. The molecule has 26 heavy (non-hydrogen) atoms. The van der Waals surface area contributed by atoms with Crippen LogP contribution in [0.1, 0.15) is 23.0 Å². The van der Waals surface area contributed by atoms with Crippen LogP contribution in [0, 0.1) is 6.92 Å². The lowest BCUT2D eigenvalue weighted by atomic mass is 10.3. The van der Waals surface area contributed by atoms with Gasteiger partial charge in [-0.05, 0) is 32.0 Å². The third-order valence-electron chi connectivity index (χ3n) is 3.60. The molecule has 0 atom stereocenters. The molecule has 0 aliphatic carbocycles. The molecule has 8 heteroatoms. The Morgan fingerprint density at radius 2 is 1.96 bits per heavy atom. The Bertz CT molecular complexity index is 914. The second-order valence-electron chi connectivity index (χ2n) is 5.58. The molecular weight excluding hydrogens is 334 g/mol. The van der Waals surface area contributed by atoms with Crippen molar-refractivity contribution < 1.29 is 14.3 Å². The first-order valence-corrected chi connectivity index (χ1v) is 8.19. The maximum atomic E-state index is 12.4. The minimum Gasteiger partial charge on any atom is -0.462 e. The molecule has 0 aliphatic heterocycles. The summed E-state index contributed by atoms with van der Waals surface area (Å²) in [7, 11) is 0. The number of esters is 1. The van der Waals surface area contributed by atoms with Crippen LogP contribution in [0.5, 0.6) is 0 Å². The van der Waals surface area contributed by atoms with Crippen LogP contribution in [0.2, 0.25) is 0 Å². The number of nitrogens with zero attached hydrogens (tertiary/aromatic N) is 4. The van der Waals surface area contributed by atoms with Crippen molar-refractivity contribution >= 4 is 17.7 Å². The minimum absolute atomic E-state index is 0.0239. The van der Waals surface area contributed by atoms with Crippen molar-refractivity contribution in [3.8, 4) is 5.69 Å². The van der Waals surface area contributed by atoms with E-state index in [1.165, 1.54) is 15.6 Å². The van der Waals surface area contributed by atoms with Gasteiger partial charge in [-0.1, -0.05) is 18.2 Å². The molecule has 0 saturated carbocycles. The molecule has 3 rings (SSSR count). The number of para-hydroxylation sites is 1.